The van der Waals surface area contributed by atoms with Crippen LogP contribution in [0.1, 0.15) is 18.9 Å². The molecule has 1 aliphatic heterocycles. The summed E-state index contributed by atoms with van der Waals surface area (Å²) in [5.41, 5.74) is 6.72. The average molecular weight is 262 g/mol. The van der Waals surface area contributed by atoms with Crippen LogP contribution >= 0.6 is 0 Å². The van der Waals surface area contributed by atoms with Crippen molar-refractivity contribution >= 4 is 23.3 Å². The Morgan fingerprint density at radius 3 is 2.89 bits per heavy atom. The Bertz CT molecular complexity index is 570. The molecule has 0 fully saturated rings. The molecule has 0 aliphatic carbocycles. The molecule has 1 unspecified atom stereocenters. The van der Waals surface area contributed by atoms with Gasteiger partial charge in [0.25, 0.3) is 5.91 Å². The van der Waals surface area contributed by atoms with E-state index >= 15 is 0 Å². The first kappa shape index (κ1) is 13.0. The van der Waals surface area contributed by atoms with E-state index in [9.17, 15) is 14.7 Å². The van der Waals surface area contributed by atoms with Crippen LogP contribution < -0.4 is 16.5 Å². The van der Waals surface area contributed by atoms with Crippen LogP contribution in [-0.2, 0) is 10.4 Å². The number of hydrogen-bond acceptors (Lipinski definition) is 4. The fourth-order valence-electron chi connectivity index (χ4n) is 2.04. The summed E-state index contributed by atoms with van der Waals surface area (Å²) in [6.45, 7) is 1.59. The van der Waals surface area contributed by atoms with Gasteiger partial charge in [-0.25, -0.2) is 10.2 Å². The fourth-order valence-corrected chi connectivity index (χ4v) is 2.04. The normalized spacial score (nSPS) is 21.8. The molecule has 1 aromatic rings. The van der Waals surface area contributed by atoms with E-state index in [-0.39, 0.29) is 6.42 Å². The lowest BCUT2D eigenvalue weighted by Crippen LogP contribution is -2.36. The first-order valence-corrected chi connectivity index (χ1v) is 5.65. The number of benzene rings is 1. The SMILES string of the molecule is C/C(CC1(O)C(=O)Nc2ccccc21)=N\NC(N)=O. The number of nitrogens with two attached hydrogens (primary N) is 1. The molecule has 0 saturated heterocycles. The molecule has 2 rings (SSSR count). The van der Waals surface area contributed by atoms with Crippen LogP contribution in [0.3, 0.4) is 0 Å². The van der Waals surface area contributed by atoms with Crippen molar-refractivity contribution in [3.63, 3.8) is 0 Å². The van der Waals surface area contributed by atoms with Gasteiger partial charge in [0, 0.05) is 23.4 Å². The number of aliphatic hydroxyl groups is 1. The number of carbonyl (C=O) groups excluding carboxylic acids is 2. The maximum absolute atomic E-state index is 11.9. The zero-order valence-corrected chi connectivity index (χ0v) is 10.3. The van der Waals surface area contributed by atoms with Crippen LogP contribution in [0.25, 0.3) is 0 Å². The number of hydrogen-bond donors (Lipinski definition) is 4. The van der Waals surface area contributed by atoms with Crippen molar-refractivity contribution in [2.45, 2.75) is 18.9 Å². The third-order valence-electron chi connectivity index (χ3n) is 2.87. The molecule has 1 aliphatic rings. The summed E-state index contributed by atoms with van der Waals surface area (Å²) in [5, 5.41) is 16.8. The quantitative estimate of drug-likeness (QED) is 0.462. The average Bonchev–Trinajstić information content (AvgIpc) is 2.60. The van der Waals surface area contributed by atoms with Crippen LogP contribution in [0, 0.1) is 0 Å². The lowest BCUT2D eigenvalue weighted by Gasteiger charge is -2.20. The van der Waals surface area contributed by atoms with E-state index in [0.29, 0.717) is 17.0 Å². The minimum absolute atomic E-state index is 0.0316. The van der Waals surface area contributed by atoms with Crippen LogP contribution in [0.2, 0.25) is 0 Å². The number of carbonyl (C=O) groups is 2. The Hall–Kier alpha value is -2.41. The summed E-state index contributed by atoms with van der Waals surface area (Å²) in [6, 6.07) is 6.07. The van der Waals surface area contributed by atoms with Gasteiger partial charge in [-0.15, -0.1) is 0 Å². The lowest BCUT2D eigenvalue weighted by atomic mass is 9.90. The van der Waals surface area contributed by atoms with E-state index in [0.717, 1.165) is 0 Å². The molecule has 1 heterocycles. The molecular formula is C12H14N4O3. The predicted molar refractivity (Wildman–Crippen MR) is 69.4 cm³/mol. The molecule has 1 aromatic carbocycles. The number of hydrazone groups is 1. The highest BCUT2D eigenvalue weighted by Crippen LogP contribution is 2.38. The molecule has 7 nitrogen and oxygen atoms in total. The minimum Gasteiger partial charge on any atom is -0.375 e. The number of para-hydroxylation sites is 1. The zero-order chi connectivity index (χ0) is 14.0. The summed E-state index contributed by atoms with van der Waals surface area (Å²) >= 11 is 0. The Morgan fingerprint density at radius 2 is 2.21 bits per heavy atom. The number of amides is 3. The van der Waals surface area contributed by atoms with Crippen LogP contribution in [-0.4, -0.2) is 22.8 Å². The molecule has 0 spiro atoms. The maximum Gasteiger partial charge on any atom is 0.332 e. The summed E-state index contributed by atoms with van der Waals surface area (Å²) in [4.78, 5) is 22.4. The second kappa shape index (κ2) is 4.69. The molecule has 3 amide bonds. The molecule has 7 heteroatoms. The number of fused-ring (bicyclic) bond motifs is 1. The highest BCUT2D eigenvalue weighted by Gasteiger charge is 2.45. The lowest BCUT2D eigenvalue weighted by molar-refractivity contribution is -0.132. The van der Waals surface area contributed by atoms with Gasteiger partial charge in [0.1, 0.15) is 0 Å². The third kappa shape index (κ3) is 2.41. The molecule has 0 radical (unpaired) electrons. The van der Waals surface area contributed by atoms with Crippen molar-refractivity contribution < 1.29 is 14.7 Å². The smallest absolute Gasteiger partial charge is 0.332 e. The van der Waals surface area contributed by atoms with Crippen molar-refractivity contribution in [2.24, 2.45) is 10.8 Å². The molecule has 1 atom stereocenters. The van der Waals surface area contributed by atoms with Gasteiger partial charge in [-0.05, 0) is 13.0 Å². The molecule has 100 valence electrons. The number of anilines is 1. The van der Waals surface area contributed by atoms with Crippen molar-refractivity contribution in [1.82, 2.24) is 5.43 Å². The highest BCUT2D eigenvalue weighted by atomic mass is 16.3. The van der Waals surface area contributed by atoms with Gasteiger partial charge in [-0.2, -0.15) is 5.10 Å². The standard InChI is InChI=1S/C12H14N4O3/c1-7(15-16-11(13)18)6-12(19)8-4-2-3-5-9(8)14-10(12)17/h2-5,19H,6H2,1H3,(H,14,17)(H3,13,16,18)/b15-7+. The molecule has 0 bridgehead atoms. The van der Waals surface area contributed by atoms with E-state index < -0.39 is 17.5 Å². The van der Waals surface area contributed by atoms with Crippen LogP contribution in [0.4, 0.5) is 10.5 Å². The van der Waals surface area contributed by atoms with Gasteiger partial charge in [0.05, 0.1) is 0 Å². The van der Waals surface area contributed by atoms with Gasteiger partial charge >= 0.3 is 6.03 Å². The number of nitrogens with one attached hydrogen (secondary N) is 2. The third-order valence-corrected chi connectivity index (χ3v) is 2.87. The Morgan fingerprint density at radius 1 is 1.53 bits per heavy atom. The maximum atomic E-state index is 11.9. The number of urea groups is 1. The minimum atomic E-state index is -1.68. The van der Waals surface area contributed by atoms with Crippen LogP contribution in [0.15, 0.2) is 29.4 Å². The topological polar surface area (TPSA) is 117 Å². The number of primary amides is 1. The Kier molecular flexibility index (Phi) is 3.22. The largest absolute Gasteiger partial charge is 0.375 e. The summed E-state index contributed by atoms with van der Waals surface area (Å²) in [7, 11) is 0. The van der Waals surface area contributed by atoms with Gasteiger partial charge < -0.3 is 16.2 Å². The fraction of sp³-hybridized carbons (Fsp3) is 0.250. The Labute approximate surface area is 109 Å². The van der Waals surface area contributed by atoms with E-state index in [1.54, 1.807) is 31.2 Å². The van der Waals surface area contributed by atoms with E-state index in [1.165, 1.54) is 0 Å². The first-order chi connectivity index (χ1) is 8.93. The number of nitrogens with zero attached hydrogens (tertiary/aromatic N) is 1. The second-order valence-electron chi connectivity index (χ2n) is 4.36. The molecule has 0 saturated carbocycles. The summed E-state index contributed by atoms with van der Waals surface area (Å²) in [5.74, 6) is -0.512. The first-order valence-electron chi connectivity index (χ1n) is 5.65. The van der Waals surface area contributed by atoms with E-state index in [2.05, 4.69) is 15.8 Å². The van der Waals surface area contributed by atoms with Gasteiger partial charge in [0.15, 0.2) is 5.60 Å². The zero-order valence-electron chi connectivity index (χ0n) is 10.3. The van der Waals surface area contributed by atoms with E-state index in [1.807, 2.05) is 0 Å². The predicted octanol–water partition coefficient (Wildman–Crippen LogP) is 0.261. The van der Waals surface area contributed by atoms with Crippen molar-refractivity contribution in [1.29, 1.82) is 0 Å². The van der Waals surface area contributed by atoms with Gasteiger partial charge in [0.2, 0.25) is 0 Å². The highest BCUT2D eigenvalue weighted by molar-refractivity contribution is 6.07. The molecular weight excluding hydrogens is 248 g/mol. The van der Waals surface area contributed by atoms with E-state index in [4.69, 9.17) is 5.73 Å². The van der Waals surface area contributed by atoms with Gasteiger partial charge in [-0.3, -0.25) is 4.79 Å². The Balaban J connectivity index is 2.26. The van der Waals surface area contributed by atoms with Crippen LogP contribution in [0.5, 0.6) is 0 Å². The van der Waals surface area contributed by atoms with Crippen molar-refractivity contribution in [2.75, 3.05) is 5.32 Å². The number of rotatable bonds is 3. The van der Waals surface area contributed by atoms with Crippen molar-refractivity contribution in [3.05, 3.63) is 29.8 Å². The summed E-state index contributed by atoms with van der Waals surface area (Å²) < 4.78 is 0. The van der Waals surface area contributed by atoms with Crippen molar-refractivity contribution in [3.8, 4) is 0 Å². The molecule has 0 aromatic heterocycles. The summed E-state index contributed by atoms with van der Waals surface area (Å²) in [6.07, 6.45) is -0.0316. The molecule has 5 N–H and O–H groups in total. The monoisotopic (exact) mass is 262 g/mol. The second-order valence-corrected chi connectivity index (χ2v) is 4.36. The molecule has 19 heavy (non-hydrogen) atoms. The van der Waals surface area contributed by atoms with Gasteiger partial charge in [-0.1, -0.05) is 18.2 Å².